The van der Waals surface area contributed by atoms with Crippen LogP contribution in [0, 0.1) is 0 Å². The smallest absolute Gasteiger partial charge is 0.0686 e. The lowest BCUT2D eigenvalue weighted by molar-refractivity contribution is 0.152. The number of hydrogen-bond donors (Lipinski definition) is 2. The Hall–Kier alpha value is -0.380. The Morgan fingerprint density at radius 2 is 2.08 bits per heavy atom. The lowest BCUT2D eigenvalue weighted by Gasteiger charge is -2.05. The van der Waals surface area contributed by atoms with Crippen LogP contribution < -0.4 is 10.6 Å². The zero-order chi connectivity index (χ0) is 9.23. The molecule has 0 atom stereocenters. The number of likely N-dealkylation sites (N-methyl/N-ethyl adjacent to an activating group) is 1. The summed E-state index contributed by atoms with van der Waals surface area (Å²) in [5.41, 5.74) is 1.10. The van der Waals surface area contributed by atoms with Crippen LogP contribution in [0.2, 0.25) is 0 Å². The first kappa shape index (κ1) is 11.6. The highest BCUT2D eigenvalue weighted by molar-refractivity contribution is 4.96. The van der Waals surface area contributed by atoms with Gasteiger partial charge < -0.3 is 15.4 Å². The molecule has 3 nitrogen and oxygen atoms in total. The lowest BCUT2D eigenvalue weighted by atomic mass is 10.3. The van der Waals surface area contributed by atoms with E-state index in [0.29, 0.717) is 6.61 Å². The van der Waals surface area contributed by atoms with E-state index in [2.05, 4.69) is 17.2 Å². The average molecular weight is 172 g/mol. The maximum Gasteiger partial charge on any atom is 0.0686 e. The summed E-state index contributed by atoms with van der Waals surface area (Å²) >= 11 is 0. The van der Waals surface area contributed by atoms with Crippen molar-refractivity contribution < 1.29 is 4.74 Å². The molecule has 0 aliphatic carbocycles. The Balaban J connectivity index is 3.03. The third kappa shape index (κ3) is 7.72. The summed E-state index contributed by atoms with van der Waals surface area (Å²) in [4.78, 5) is 0. The summed E-state index contributed by atoms with van der Waals surface area (Å²) in [6, 6.07) is 0. The van der Waals surface area contributed by atoms with Gasteiger partial charge in [-0.25, -0.2) is 0 Å². The van der Waals surface area contributed by atoms with E-state index in [0.717, 1.165) is 31.7 Å². The fraction of sp³-hybridized carbons (Fsp3) is 0.778. The molecule has 0 fully saturated rings. The van der Waals surface area contributed by atoms with Crippen molar-refractivity contribution in [1.29, 1.82) is 0 Å². The van der Waals surface area contributed by atoms with E-state index in [1.54, 1.807) is 0 Å². The van der Waals surface area contributed by atoms with Crippen molar-refractivity contribution >= 4 is 0 Å². The van der Waals surface area contributed by atoms with Crippen LogP contribution in [-0.2, 0) is 4.74 Å². The molecule has 0 aromatic rings. The first-order chi connectivity index (χ1) is 5.81. The van der Waals surface area contributed by atoms with Crippen LogP contribution in [0.4, 0.5) is 0 Å². The molecule has 0 aliphatic rings. The van der Waals surface area contributed by atoms with Crippen LogP contribution in [0.1, 0.15) is 6.42 Å². The van der Waals surface area contributed by atoms with Gasteiger partial charge in [-0.15, -0.1) is 0 Å². The summed E-state index contributed by atoms with van der Waals surface area (Å²) in [6.07, 6.45) is 1.06. The second-order valence-corrected chi connectivity index (χ2v) is 2.79. The normalized spacial score (nSPS) is 10.2. The molecule has 0 aliphatic heterocycles. The topological polar surface area (TPSA) is 33.3 Å². The molecule has 0 aromatic heterocycles. The molecule has 0 heterocycles. The fourth-order valence-corrected chi connectivity index (χ4v) is 0.869. The van der Waals surface area contributed by atoms with Gasteiger partial charge in [-0.2, -0.15) is 0 Å². The van der Waals surface area contributed by atoms with E-state index in [1.165, 1.54) is 0 Å². The summed E-state index contributed by atoms with van der Waals surface area (Å²) in [7, 11) is 3.85. The van der Waals surface area contributed by atoms with E-state index < -0.39 is 0 Å². The molecule has 72 valence electrons. The van der Waals surface area contributed by atoms with E-state index in [4.69, 9.17) is 4.74 Å². The molecule has 2 N–H and O–H groups in total. The van der Waals surface area contributed by atoms with Crippen LogP contribution in [-0.4, -0.2) is 40.4 Å². The van der Waals surface area contributed by atoms with Gasteiger partial charge in [0.25, 0.3) is 0 Å². The van der Waals surface area contributed by atoms with Crippen LogP contribution in [0.15, 0.2) is 12.2 Å². The quantitative estimate of drug-likeness (QED) is 0.410. The van der Waals surface area contributed by atoms with E-state index in [-0.39, 0.29) is 0 Å². The van der Waals surface area contributed by atoms with Crippen molar-refractivity contribution in [3.8, 4) is 0 Å². The third-order valence-electron chi connectivity index (χ3n) is 1.45. The van der Waals surface area contributed by atoms with E-state index in [9.17, 15) is 0 Å². The maximum absolute atomic E-state index is 5.37. The Morgan fingerprint density at radius 3 is 2.67 bits per heavy atom. The Bertz CT molecular complexity index is 115. The highest BCUT2D eigenvalue weighted by Crippen LogP contribution is 1.90. The maximum atomic E-state index is 5.37. The van der Waals surface area contributed by atoms with Gasteiger partial charge in [0.05, 0.1) is 6.61 Å². The largest absolute Gasteiger partial charge is 0.377 e. The minimum atomic E-state index is 0.671. The Labute approximate surface area is 75.2 Å². The highest BCUT2D eigenvalue weighted by atomic mass is 16.5. The molecule has 3 heteroatoms. The second kappa shape index (κ2) is 8.71. The molecule has 0 radical (unpaired) electrons. The molecule has 12 heavy (non-hydrogen) atoms. The lowest BCUT2D eigenvalue weighted by Crippen LogP contribution is -2.15. The first-order valence-corrected chi connectivity index (χ1v) is 4.35. The molecule has 0 aromatic carbocycles. The van der Waals surface area contributed by atoms with Crippen molar-refractivity contribution in [3.63, 3.8) is 0 Å². The number of hydrogen-bond acceptors (Lipinski definition) is 3. The second-order valence-electron chi connectivity index (χ2n) is 2.79. The summed E-state index contributed by atoms with van der Waals surface area (Å²) < 4.78 is 5.37. The van der Waals surface area contributed by atoms with Crippen molar-refractivity contribution in [3.05, 3.63) is 12.2 Å². The van der Waals surface area contributed by atoms with Crippen LogP contribution in [0.3, 0.4) is 0 Å². The predicted octanol–water partition coefficient (Wildman–Crippen LogP) is 0.388. The van der Waals surface area contributed by atoms with Gasteiger partial charge in [0, 0.05) is 13.2 Å². The summed E-state index contributed by atoms with van der Waals surface area (Å²) in [5, 5.41) is 6.09. The molecule has 0 rings (SSSR count). The van der Waals surface area contributed by atoms with E-state index >= 15 is 0 Å². The highest BCUT2D eigenvalue weighted by Gasteiger charge is 1.92. The monoisotopic (exact) mass is 172 g/mol. The fourth-order valence-electron chi connectivity index (χ4n) is 0.869. The van der Waals surface area contributed by atoms with Crippen molar-refractivity contribution in [2.45, 2.75) is 6.42 Å². The Kier molecular flexibility index (Phi) is 8.44. The van der Waals surface area contributed by atoms with Crippen molar-refractivity contribution in [2.75, 3.05) is 40.4 Å². The SMILES string of the molecule is C=C(CNC)COCCCNC. The number of nitrogens with one attached hydrogen (secondary N) is 2. The van der Waals surface area contributed by atoms with Crippen molar-refractivity contribution in [2.24, 2.45) is 0 Å². The van der Waals surface area contributed by atoms with Gasteiger partial charge in [-0.05, 0) is 32.6 Å². The Morgan fingerprint density at radius 1 is 1.33 bits per heavy atom. The van der Waals surface area contributed by atoms with Gasteiger partial charge >= 0.3 is 0 Å². The van der Waals surface area contributed by atoms with Crippen molar-refractivity contribution in [1.82, 2.24) is 10.6 Å². The number of ether oxygens (including phenoxy) is 1. The molecule has 0 unspecified atom stereocenters. The van der Waals surface area contributed by atoms with Crippen LogP contribution in [0.5, 0.6) is 0 Å². The molecular weight excluding hydrogens is 152 g/mol. The minimum Gasteiger partial charge on any atom is -0.377 e. The zero-order valence-electron chi connectivity index (χ0n) is 8.15. The van der Waals surface area contributed by atoms with Crippen LogP contribution in [0.25, 0.3) is 0 Å². The first-order valence-electron chi connectivity index (χ1n) is 4.35. The van der Waals surface area contributed by atoms with Gasteiger partial charge in [-0.1, -0.05) is 6.58 Å². The van der Waals surface area contributed by atoms with Gasteiger partial charge in [-0.3, -0.25) is 0 Å². The third-order valence-corrected chi connectivity index (χ3v) is 1.45. The molecule has 0 amide bonds. The average Bonchev–Trinajstić information content (AvgIpc) is 2.05. The molecule has 0 saturated heterocycles. The zero-order valence-corrected chi connectivity index (χ0v) is 8.15. The summed E-state index contributed by atoms with van der Waals surface area (Å²) in [5.74, 6) is 0. The minimum absolute atomic E-state index is 0.671. The molecular formula is C9H20N2O. The standard InChI is InChI=1S/C9H20N2O/c1-9(7-11-3)8-12-6-4-5-10-2/h10-11H,1,4-8H2,2-3H3. The van der Waals surface area contributed by atoms with E-state index in [1.807, 2.05) is 14.1 Å². The molecule has 0 saturated carbocycles. The predicted molar refractivity (Wildman–Crippen MR) is 52.4 cm³/mol. The van der Waals surface area contributed by atoms with Gasteiger partial charge in [0.15, 0.2) is 0 Å². The van der Waals surface area contributed by atoms with Crippen LogP contribution >= 0.6 is 0 Å². The molecule has 0 spiro atoms. The van der Waals surface area contributed by atoms with Gasteiger partial charge in [0.1, 0.15) is 0 Å². The van der Waals surface area contributed by atoms with Gasteiger partial charge in [0.2, 0.25) is 0 Å². The summed E-state index contributed by atoms with van der Waals surface area (Å²) in [6.45, 7) is 7.19. The molecule has 0 bridgehead atoms. The number of rotatable bonds is 8.